The van der Waals surface area contributed by atoms with Crippen molar-refractivity contribution in [3.8, 4) is 0 Å². The van der Waals surface area contributed by atoms with Crippen molar-refractivity contribution >= 4 is 27.3 Å². The molecule has 2 atom stereocenters. The summed E-state index contributed by atoms with van der Waals surface area (Å²) in [6.07, 6.45) is 1.18. The van der Waals surface area contributed by atoms with Crippen LogP contribution in [-0.4, -0.2) is 30.1 Å². The predicted molar refractivity (Wildman–Crippen MR) is 68.3 cm³/mol. The monoisotopic (exact) mass is 297 g/mol. The second-order valence-corrected chi connectivity index (χ2v) is 5.39. The summed E-state index contributed by atoms with van der Waals surface area (Å²) in [5, 5.41) is 14.2. The lowest BCUT2D eigenvalue weighted by atomic mass is 10.2. The number of nitro groups is 1. The number of hydrogen-bond donors (Lipinski definition) is 1. The third-order valence-corrected chi connectivity index (χ3v) is 4.15. The maximum absolute atomic E-state index is 10.7. The van der Waals surface area contributed by atoms with Crippen LogP contribution in [0.2, 0.25) is 0 Å². The van der Waals surface area contributed by atoms with Gasteiger partial charge in [0.15, 0.2) is 0 Å². The Labute approximate surface area is 107 Å². The van der Waals surface area contributed by atoms with E-state index in [1.807, 2.05) is 12.1 Å². The van der Waals surface area contributed by atoms with Gasteiger partial charge >= 0.3 is 0 Å². The summed E-state index contributed by atoms with van der Waals surface area (Å²) in [6, 6.07) is 6.36. The van der Waals surface area contributed by atoms with Gasteiger partial charge in [-0.05, 0) is 34.5 Å². The number of benzene rings is 1. The molecule has 1 N–H and O–H groups in total. The molecule has 0 aliphatic carbocycles. The van der Waals surface area contributed by atoms with Crippen LogP contribution in [0.1, 0.15) is 6.42 Å². The number of piperazine rings is 1. The first-order valence-corrected chi connectivity index (χ1v) is 6.38. The van der Waals surface area contributed by atoms with Gasteiger partial charge in [-0.1, -0.05) is 0 Å². The molecule has 0 saturated carbocycles. The highest BCUT2D eigenvalue weighted by Gasteiger charge is 2.37. The molecule has 17 heavy (non-hydrogen) atoms. The first-order chi connectivity index (χ1) is 8.15. The van der Waals surface area contributed by atoms with Crippen molar-refractivity contribution in [1.29, 1.82) is 0 Å². The van der Waals surface area contributed by atoms with Crippen LogP contribution in [-0.2, 0) is 0 Å². The molecule has 2 bridgehead atoms. The van der Waals surface area contributed by atoms with Crippen molar-refractivity contribution in [1.82, 2.24) is 5.32 Å². The van der Waals surface area contributed by atoms with E-state index in [1.165, 1.54) is 6.42 Å². The van der Waals surface area contributed by atoms with E-state index in [0.717, 1.165) is 18.8 Å². The highest BCUT2D eigenvalue weighted by Crippen LogP contribution is 2.34. The lowest BCUT2D eigenvalue weighted by Crippen LogP contribution is -2.43. The van der Waals surface area contributed by atoms with Gasteiger partial charge in [-0.3, -0.25) is 10.1 Å². The SMILES string of the molecule is O=[N+]([O-])c1ccc(N2CC3CC2CN3)cc1Br. The minimum absolute atomic E-state index is 0.122. The van der Waals surface area contributed by atoms with Gasteiger partial charge in [-0.15, -0.1) is 0 Å². The molecule has 1 aromatic carbocycles. The summed E-state index contributed by atoms with van der Waals surface area (Å²) < 4.78 is 0.552. The fourth-order valence-corrected chi connectivity index (χ4v) is 3.21. The van der Waals surface area contributed by atoms with Crippen LogP contribution in [0.4, 0.5) is 11.4 Å². The van der Waals surface area contributed by atoms with Crippen LogP contribution in [0.25, 0.3) is 0 Å². The fourth-order valence-electron chi connectivity index (χ4n) is 2.70. The van der Waals surface area contributed by atoms with Crippen LogP contribution in [0.15, 0.2) is 22.7 Å². The van der Waals surface area contributed by atoms with Crippen molar-refractivity contribution in [3.63, 3.8) is 0 Å². The molecule has 1 aromatic rings. The Morgan fingerprint density at radius 2 is 2.35 bits per heavy atom. The van der Waals surface area contributed by atoms with Gasteiger partial charge < -0.3 is 10.2 Å². The zero-order chi connectivity index (χ0) is 12.0. The van der Waals surface area contributed by atoms with Crippen molar-refractivity contribution in [2.24, 2.45) is 0 Å². The van der Waals surface area contributed by atoms with Crippen LogP contribution in [0.3, 0.4) is 0 Å². The molecule has 2 heterocycles. The minimum Gasteiger partial charge on any atom is -0.366 e. The van der Waals surface area contributed by atoms with Gasteiger partial charge in [0, 0.05) is 36.9 Å². The molecule has 2 aliphatic rings. The zero-order valence-electron chi connectivity index (χ0n) is 9.10. The van der Waals surface area contributed by atoms with E-state index < -0.39 is 0 Å². The maximum Gasteiger partial charge on any atom is 0.283 e. The number of nitro benzene ring substituents is 1. The summed E-state index contributed by atoms with van der Waals surface area (Å²) in [7, 11) is 0. The lowest BCUT2D eigenvalue weighted by Gasteiger charge is -2.29. The molecule has 2 aliphatic heterocycles. The van der Waals surface area contributed by atoms with Crippen LogP contribution in [0, 0.1) is 10.1 Å². The molecule has 3 rings (SSSR count). The standard InChI is InChI=1S/C11H12BrN3O2/c12-10-4-8(1-2-11(10)15(16)17)14-6-7-3-9(14)5-13-7/h1-2,4,7,9,13H,3,5-6H2. The molecule has 90 valence electrons. The summed E-state index contributed by atoms with van der Waals surface area (Å²) in [6.45, 7) is 2.01. The van der Waals surface area contributed by atoms with Crippen molar-refractivity contribution < 1.29 is 4.92 Å². The van der Waals surface area contributed by atoms with Crippen molar-refractivity contribution in [2.75, 3.05) is 18.0 Å². The molecular weight excluding hydrogens is 286 g/mol. The van der Waals surface area contributed by atoms with Gasteiger partial charge in [0.1, 0.15) is 0 Å². The third kappa shape index (κ3) is 1.81. The molecule has 5 nitrogen and oxygen atoms in total. The largest absolute Gasteiger partial charge is 0.366 e. The highest BCUT2D eigenvalue weighted by atomic mass is 79.9. The number of nitrogens with zero attached hydrogens (tertiary/aromatic N) is 2. The number of rotatable bonds is 2. The Morgan fingerprint density at radius 1 is 1.53 bits per heavy atom. The van der Waals surface area contributed by atoms with E-state index in [-0.39, 0.29) is 10.6 Å². The normalized spacial score (nSPS) is 26.5. The molecule has 2 unspecified atom stereocenters. The van der Waals surface area contributed by atoms with E-state index in [2.05, 4.69) is 26.1 Å². The van der Waals surface area contributed by atoms with Crippen LogP contribution in [0.5, 0.6) is 0 Å². The molecule has 2 fully saturated rings. The van der Waals surface area contributed by atoms with Gasteiger partial charge in [0.05, 0.1) is 9.40 Å². The highest BCUT2D eigenvalue weighted by molar-refractivity contribution is 9.10. The summed E-state index contributed by atoms with van der Waals surface area (Å²) in [4.78, 5) is 12.7. The third-order valence-electron chi connectivity index (χ3n) is 3.52. The summed E-state index contributed by atoms with van der Waals surface area (Å²) in [5.41, 5.74) is 1.19. The fraction of sp³-hybridized carbons (Fsp3) is 0.455. The van der Waals surface area contributed by atoms with E-state index in [0.29, 0.717) is 16.6 Å². The Bertz CT molecular complexity index is 480. The number of hydrogen-bond acceptors (Lipinski definition) is 4. The Kier molecular flexibility index (Phi) is 2.56. The van der Waals surface area contributed by atoms with Crippen LogP contribution < -0.4 is 10.2 Å². The first kappa shape index (κ1) is 11.0. The van der Waals surface area contributed by atoms with Crippen molar-refractivity contribution in [3.05, 3.63) is 32.8 Å². The molecule has 0 spiro atoms. The van der Waals surface area contributed by atoms with E-state index in [1.54, 1.807) is 6.07 Å². The quantitative estimate of drug-likeness (QED) is 0.669. The molecule has 0 radical (unpaired) electrons. The van der Waals surface area contributed by atoms with E-state index in [9.17, 15) is 10.1 Å². The van der Waals surface area contributed by atoms with Gasteiger partial charge in [0.2, 0.25) is 0 Å². The zero-order valence-corrected chi connectivity index (χ0v) is 10.7. The minimum atomic E-state index is -0.369. The smallest absolute Gasteiger partial charge is 0.283 e. The summed E-state index contributed by atoms with van der Waals surface area (Å²) in [5.74, 6) is 0. The van der Waals surface area contributed by atoms with Gasteiger partial charge in [-0.25, -0.2) is 0 Å². The predicted octanol–water partition coefficient (Wildman–Crippen LogP) is 1.91. The molecular formula is C11H12BrN3O2. The number of nitrogens with one attached hydrogen (secondary N) is 1. The summed E-state index contributed by atoms with van der Waals surface area (Å²) >= 11 is 3.26. The van der Waals surface area contributed by atoms with E-state index in [4.69, 9.17) is 0 Å². The first-order valence-electron chi connectivity index (χ1n) is 5.59. The lowest BCUT2D eigenvalue weighted by molar-refractivity contribution is -0.385. The maximum atomic E-state index is 10.7. The second kappa shape index (κ2) is 3.96. The van der Waals surface area contributed by atoms with Crippen molar-refractivity contribution in [2.45, 2.75) is 18.5 Å². The molecule has 0 aromatic heterocycles. The topological polar surface area (TPSA) is 58.4 Å². The average Bonchev–Trinajstić information content (AvgIpc) is 2.89. The second-order valence-electron chi connectivity index (χ2n) is 4.54. The Hall–Kier alpha value is -1.14. The van der Waals surface area contributed by atoms with Gasteiger partial charge in [0.25, 0.3) is 5.69 Å². The Morgan fingerprint density at radius 3 is 2.88 bits per heavy atom. The number of halogens is 1. The van der Waals surface area contributed by atoms with Gasteiger partial charge in [-0.2, -0.15) is 0 Å². The number of anilines is 1. The molecule has 2 saturated heterocycles. The average molecular weight is 298 g/mol. The molecule has 6 heteroatoms. The number of fused-ring (bicyclic) bond motifs is 2. The Balaban J connectivity index is 1.89. The van der Waals surface area contributed by atoms with Crippen LogP contribution >= 0.6 is 15.9 Å². The van der Waals surface area contributed by atoms with E-state index >= 15 is 0 Å². The molecule has 0 amide bonds.